The molecule has 3 aromatic rings. The summed E-state index contributed by atoms with van der Waals surface area (Å²) < 4.78 is 28.4. The van der Waals surface area contributed by atoms with E-state index in [4.69, 9.17) is 0 Å². The van der Waals surface area contributed by atoms with Crippen molar-refractivity contribution in [2.24, 2.45) is 0 Å². The van der Waals surface area contributed by atoms with Crippen molar-refractivity contribution < 1.29 is 13.2 Å². The SMILES string of the molecule is Cc1cccc(S(=O)(=O)N2Cc3ccccc3CC2C(=O)NCc2ccccc2C)c1. The molecule has 0 saturated carbocycles. The lowest BCUT2D eigenvalue weighted by Gasteiger charge is -2.35. The van der Waals surface area contributed by atoms with Gasteiger partial charge in [-0.15, -0.1) is 0 Å². The predicted octanol–water partition coefficient (Wildman–Crippen LogP) is 3.74. The van der Waals surface area contributed by atoms with Gasteiger partial charge in [-0.3, -0.25) is 4.79 Å². The lowest BCUT2D eigenvalue weighted by Crippen LogP contribution is -2.52. The van der Waals surface area contributed by atoms with E-state index in [0.29, 0.717) is 13.0 Å². The van der Waals surface area contributed by atoms with Crippen molar-refractivity contribution in [3.05, 3.63) is 101 Å². The first-order valence-electron chi connectivity index (χ1n) is 10.3. The molecule has 0 aliphatic carbocycles. The summed E-state index contributed by atoms with van der Waals surface area (Å²) in [6.45, 7) is 4.39. The highest BCUT2D eigenvalue weighted by Gasteiger charge is 2.39. The molecule has 1 amide bonds. The number of fused-ring (bicyclic) bond motifs is 1. The summed E-state index contributed by atoms with van der Waals surface area (Å²) in [6.07, 6.45) is 0.348. The zero-order valence-electron chi connectivity index (χ0n) is 17.7. The number of aryl methyl sites for hydroxylation is 2. The topological polar surface area (TPSA) is 66.5 Å². The summed E-state index contributed by atoms with van der Waals surface area (Å²) in [6, 6.07) is 21.6. The Labute approximate surface area is 183 Å². The molecule has 1 unspecified atom stereocenters. The molecule has 6 heteroatoms. The van der Waals surface area contributed by atoms with Gasteiger partial charge in [-0.2, -0.15) is 4.31 Å². The number of nitrogens with zero attached hydrogens (tertiary/aromatic N) is 1. The molecule has 1 aliphatic rings. The first kappa shape index (κ1) is 21.3. The molecule has 0 saturated heterocycles. The molecule has 1 aliphatic heterocycles. The number of sulfonamides is 1. The average Bonchev–Trinajstić information content (AvgIpc) is 2.77. The molecular formula is C25H26N2O3S. The Morgan fingerprint density at radius 1 is 0.968 bits per heavy atom. The van der Waals surface area contributed by atoms with Gasteiger partial charge >= 0.3 is 0 Å². The molecular weight excluding hydrogens is 408 g/mol. The summed E-state index contributed by atoms with van der Waals surface area (Å²) in [7, 11) is -3.84. The van der Waals surface area contributed by atoms with E-state index in [1.807, 2.05) is 68.4 Å². The molecule has 1 N–H and O–H groups in total. The number of carbonyl (C=O) groups excluding carboxylic acids is 1. The molecule has 160 valence electrons. The van der Waals surface area contributed by atoms with Crippen LogP contribution in [0, 0.1) is 13.8 Å². The van der Waals surface area contributed by atoms with Gasteiger partial charge in [0.05, 0.1) is 4.90 Å². The van der Waals surface area contributed by atoms with Crippen LogP contribution in [0.3, 0.4) is 0 Å². The first-order valence-corrected chi connectivity index (χ1v) is 11.8. The Morgan fingerprint density at radius 3 is 2.42 bits per heavy atom. The van der Waals surface area contributed by atoms with Crippen LogP contribution in [-0.4, -0.2) is 24.7 Å². The van der Waals surface area contributed by atoms with Crippen LogP contribution in [-0.2, 0) is 34.3 Å². The van der Waals surface area contributed by atoms with Crippen LogP contribution in [0.2, 0.25) is 0 Å². The number of hydrogen-bond acceptors (Lipinski definition) is 3. The van der Waals surface area contributed by atoms with Crippen LogP contribution >= 0.6 is 0 Å². The Bertz CT molecular complexity index is 1220. The maximum Gasteiger partial charge on any atom is 0.244 e. The fourth-order valence-electron chi connectivity index (χ4n) is 3.99. The normalized spacial score (nSPS) is 16.5. The van der Waals surface area contributed by atoms with E-state index in [9.17, 15) is 13.2 Å². The molecule has 0 fully saturated rings. The highest BCUT2D eigenvalue weighted by atomic mass is 32.2. The second kappa shape index (κ2) is 8.65. The van der Waals surface area contributed by atoms with Gasteiger partial charge in [0.2, 0.25) is 15.9 Å². The zero-order chi connectivity index (χ0) is 22.0. The Kier molecular flexibility index (Phi) is 5.94. The molecule has 0 radical (unpaired) electrons. The minimum Gasteiger partial charge on any atom is -0.351 e. The van der Waals surface area contributed by atoms with E-state index < -0.39 is 16.1 Å². The fraction of sp³-hybridized carbons (Fsp3) is 0.240. The minimum atomic E-state index is -3.84. The smallest absolute Gasteiger partial charge is 0.244 e. The van der Waals surface area contributed by atoms with Crippen molar-refractivity contribution in [3.63, 3.8) is 0 Å². The number of rotatable bonds is 5. The molecule has 5 nitrogen and oxygen atoms in total. The van der Waals surface area contributed by atoms with E-state index in [0.717, 1.165) is 27.8 Å². The van der Waals surface area contributed by atoms with Crippen molar-refractivity contribution in [2.45, 2.75) is 44.3 Å². The third kappa shape index (κ3) is 4.40. The van der Waals surface area contributed by atoms with Crippen molar-refractivity contribution in [1.82, 2.24) is 9.62 Å². The molecule has 0 bridgehead atoms. The maximum absolute atomic E-state index is 13.5. The quantitative estimate of drug-likeness (QED) is 0.665. The van der Waals surface area contributed by atoms with E-state index in [2.05, 4.69) is 5.32 Å². The van der Waals surface area contributed by atoms with E-state index in [-0.39, 0.29) is 17.3 Å². The lowest BCUT2D eigenvalue weighted by atomic mass is 9.95. The molecule has 1 atom stereocenters. The number of nitrogens with one attached hydrogen (secondary N) is 1. The van der Waals surface area contributed by atoms with E-state index in [1.54, 1.807) is 18.2 Å². The zero-order valence-corrected chi connectivity index (χ0v) is 18.5. The third-order valence-corrected chi connectivity index (χ3v) is 7.67. The van der Waals surface area contributed by atoms with Crippen molar-refractivity contribution in [1.29, 1.82) is 0 Å². The Balaban J connectivity index is 1.66. The van der Waals surface area contributed by atoms with Gasteiger partial charge in [-0.25, -0.2) is 8.42 Å². The van der Waals surface area contributed by atoms with Crippen LogP contribution in [0.15, 0.2) is 77.7 Å². The largest absolute Gasteiger partial charge is 0.351 e. The summed E-state index contributed by atoms with van der Waals surface area (Å²) in [5.41, 5.74) is 4.90. The second-order valence-corrected chi connectivity index (χ2v) is 9.89. The number of amides is 1. The first-order chi connectivity index (χ1) is 14.9. The standard InChI is InChI=1S/C25H26N2O3S/c1-18-8-7-13-23(14-18)31(29,30)27-17-22-12-6-5-10-20(22)15-24(27)25(28)26-16-21-11-4-3-9-19(21)2/h3-14,24H,15-17H2,1-2H3,(H,26,28). The number of carbonyl (C=O) groups is 1. The third-order valence-electron chi connectivity index (χ3n) is 5.82. The lowest BCUT2D eigenvalue weighted by molar-refractivity contribution is -0.125. The van der Waals surface area contributed by atoms with Crippen LogP contribution in [0.5, 0.6) is 0 Å². The highest BCUT2D eigenvalue weighted by Crippen LogP contribution is 2.29. The van der Waals surface area contributed by atoms with Gasteiger partial charge in [-0.05, 0) is 60.2 Å². The minimum absolute atomic E-state index is 0.175. The highest BCUT2D eigenvalue weighted by molar-refractivity contribution is 7.89. The van der Waals surface area contributed by atoms with Gasteiger partial charge in [0.1, 0.15) is 6.04 Å². The van der Waals surface area contributed by atoms with E-state index >= 15 is 0 Å². The second-order valence-electron chi connectivity index (χ2n) is 8.00. The van der Waals surface area contributed by atoms with Crippen LogP contribution < -0.4 is 5.32 Å². The van der Waals surface area contributed by atoms with Crippen molar-refractivity contribution in [2.75, 3.05) is 0 Å². The van der Waals surface area contributed by atoms with Crippen LogP contribution in [0.4, 0.5) is 0 Å². The van der Waals surface area contributed by atoms with Gasteiger partial charge < -0.3 is 5.32 Å². The van der Waals surface area contributed by atoms with Gasteiger partial charge in [0.25, 0.3) is 0 Å². The molecule has 0 spiro atoms. The number of benzene rings is 3. The maximum atomic E-state index is 13.5. The van der Waals surface area contributed by atoms with Crippen molar-refractivity contribution >= 4 is 15.9 Å². The molecule has 1 heterocycles. The summed E-state index contributed by atoms with van der Waals surface area (Å²) in [5.74, 6) is -0.283. The average molecular weight is 435 g/mol. The van der Waals surface area contributed by atoms with Gasteiger partial charge in [0, 0.05) is 13.1 Å². The predicted molar refractivity (Wildman–Crippen MR) is 121 cm³/mol. The van der Waals surface area contributed by atoms with Crippen molar-refractivity contribution in [3.8, 4) is 0 Å². The Morgan fingerprint density at radius 2 is 1.68 bits per heavy atom. The molecule has 31 heavy (non-hydrogen) atoms. The monoisotopic (exact) mass is 434 g/mol. The summed E-state index contributed by atoms with van der Waals surface area (Å²) >= 11 is 0. The number of hydrogen-bond donors (Lipinski definition) is 1. The summed E-state index contributed by atoms with van der Waals surface area (Å²) in [4.78, 5) is 13.4. The van der Waals surface area contributed by atoms with Gasteiger partial charge in [0.15, 0.2) is 0 Å². The Hall–Kier alpha value is -2.96. The van der Waals surface area contributed by atoms with E-state index in [1.165, 1.54) is 4.31 Å². The van der Waals surface area contributed by atoms with Gasteiger partial charge in [-0.1, -0.05) is 60.7 Å². The van der Waals surface area contributed by atoms with Crippen LogP contribution in [0.1, 0.15) is 27.8 Å². The molecule has 0 aromatic heterocycles. The summed E-state index contributed by atoms with van der Waals surface area (Å²) in [5, 5.41) is 2.96. The fourth-order valence-corrected chi connectivity index (χ4v) is 5.67. The molecule has 3 aromatic carbocycles. The molecule has 4 rings (SSSR count). The van der Waals surface area contributed by atoms with Crippen LogP contribution in [0.25, 0.3) is 0 Å².